The summed E-state index contributed by atoms with van der Waals surface area (Å²) in [7, 11) is 0. The highest BCUT2D eigenvalue weighted by atomic mass is 35.5. The summed E-state index contributed by atoms with van der Waals surface area (Å²) < 4.78 is 14.4. The van der Waals surface area contributed by atoms with E-state index in [0.29, 0.717) is 18.1 Å². The topological polar surface area (TPSA) is 38.1 Å². The molecule has 0 saturated heterocycles. The molecular formula is C12H12ClFN2O. The fourth-order valence-electron chi connectivity index (χ4n) is 1.57. The first-order chi connectivity index (χ1) is 8.20. The second kappa shape index (κ2) is 5.29. The van der Waals surface area contributed by atoms with E-state index in [1.54, 1.807) is 23.0 Å². The van der Waals surface area contributed by atoms with Gasteiger partial charge in [0.25, 0.3) is 0 Å². The SMILES string of the molecule is OCCc1cnn(Cc2ccc(F)cc2)c1Cl. The van der Waals surface area contributed by atoms with Gasteiger partial charge in [-0.25, -0.2) is 9.07 Å². The molecule has 0 saturated carbocycles. The van der Waals surface area contributed by atoms with Gasteiger partial charge in [-0.3, -0.25) is 0 Å². The van der Waals surface area contributed by atoms with Gasteiger partial charge in [0.2, 0.25) is 0 Å². The Morgan fingerprint density at radius 2 is 2.00 bits per heavy atom. The third kappa shape index (κ3) is 2.84. The van der Waals surface area contributed by atoms with Crippen molar-refractivity contribution in [1.29, 1.82) is 0 Å². The molecule has 0 aliphatic rings. The number of aliphatic hydroxyl groups excluding tert-OH is 1. The highest BCUT2D eigenvalue weighted by molar-refractivity contribution is 6.30. The summed E-state index contributed by atoms with van der Waals surface area (Å²) in [5, 5.41) is 13.5. The van der Waals surface area contributed by atoms with Gasteiger partial charge in [-0.2, -0.15) is 5.10 Å². The number of aromatic nitrogens is 2. The molecule has 0 fully saturated rings. The maximum atomic E-state index is 12.7. The van der Waals surface area contributed by atoms with Crippen molar-refractivity contribution < 1.29 is 9.50 Å². The Morgan fingerprint density at radius 3 is 2.65 bits per heavy atom. The molecule has 0 aliphatic heterocycles. The first kappa shape index (κ1) is 12.1. The van der Waals surface area contributed by atoms with Crippen LogP contribution >= 0.6 is 11.6 Å². The lowest BCUT2D eigenvalue weighted by molar-refractivity contribution is 0.299. The highest BCUT2D eigenvalue weighted by Gasteiger charge is 2.08. The Morgan fingerprint density at radius 1 is 1.29 bits per heavy atom. The quantitative estimate of drug-likeness (QED) is 0.909. The van der Waals surface area contributed by atoms with Gasteiger partial charge >= 0.3 is 0 Å². The molecule has 0 radical (unpaired) electrons. The average Bonchev–Trinajstić information content (AvgIpc) is 2.65. The molecule has 1 N–H and O–H groups in total. The molecule has 1 aromatic carbocycles. The van der Waals surface area contributed by atoms with Crippen LogP contribution in [0.3, 0.4) is 0 Å². The summed E-state index contributed by atoms with van der Waals surface area (Å²) in [6, 6.07) is 6.20. The predicted octanol–water partition coefficient (Wildman–Crippen LogP) is 2.26. The van der Waals surface area contributed by atoms with E-state index in [9.17, 15) is 4.39 Å². The number of rotatable bonds is 4. The van der Waals surface area contributed by atoms with Crippen LogP contribution in [0.4, 0.5) is 4.39 Å². The molecule has 5 heteroatoms. The number of halogens is 2. The second-order valence-electron chi connectivity index (χ2n) is 3.72. The van der Waals surface area contributed by atoms with E-state index < -0.39 is 0 Å². The zero-order chi connectivity index (χ0) is 12.3. The average molecular weight is 255 g/mol. The molecule has 0 unspecified atom stereocenters. The normalized spacial score (nSPS) is 10.8. The van der Waals surface area contributed by atoms with Crippen LogP contribution in [0.2, 0.25) is 5.15 Å². The molecule has 90 valence electrons. The minimum Gasteiger partial charge on any atom is -0.396 e. The number of hydrogen-bond acceptors (Lipinski definition) is 2. The van der Waals surface area contributed by atoms with Crippen molar-refractivity contribution in [3.05, 3.63) is 52.6 Å². The third-order valence-electron chi connectivity index (χ3n) is 2.47. The van der Waals surface area contributed by atoms with E-state index in [1.807, 2.05) is 0 Å². The van der Waals surface area contributed by atoms with E-state index in [2.05, 4.69) is 5.10 Å². The third-order valence-corrected chi connectivity index (χ3v) is 2.91. The zero-order valence-corrected chi connectivity index (χ0v) is 9.86. The van der Waals surface area contributed by atoms with Gasteiger partial charge in [0.1, 0.15) is 11.0 Å². The molecule has 1 heterocycles. The van der Waals surface area contributed by atoms with Gasteiger partial charge in [-0.05, 0) is 17.7 Å². The smallest absolute Gasteiger partial charge is 0.130 e. The molecule has 0 amide bonds. The van der Waals surface area contributed by atoms with Gasteiger partial charge in [0, 0.05) is 18.6 Å². The van der Waals surface area contributed by atoms with Gasteiger partial charge in [0.05, 0.1) is 12.7 Å². The lowest BCUT2D eigenvalue weighted by Crippen LogP contribution is -2.02. The highest BCUT2D eigenvalue weighted by Crippen LogP contribution is 2.17. The van der Waals surface area contributed by atoms with Crippen LogP contribution in [-0.4, -0.2) is 21.5 Å². The summed E-state index contributed by atoms with van der Waals surface area (Å²) in [6.07, 6.45) is 2.13. The summed E-state index contributed by atoms with van der Waals surface area (Å²) in [6.45, 7) is 0.534. The van der Waals surface area contributed by atoms with Crippen LogP contribution in [0.15, 0.2) is 30.5 Å². The van der Waals surface area contributed by atoms with Crippen LogP contribution in [-0.2, 0) is 13.0 Å². The maximum Gasteiger partial charge on any atom is 0.130 e. The predicted molar refractivity (Wildman–Crippen MR) is 63.5 cm³/mol. The van der Waals surface area contributed by atoms with Crippen molar-refractivity contribution in [1.82, 2.24) is 9.78 Å². The fourth-order valence-corrected chi connectivity index (χ4v) is 1.82. The van der Waals surface area contributed by atoms with E-state index >= 15 is 0 Å². The van der Waals surface area contributed by atoms with Crippen molar-refractivity contribution in [2.75, 3.05) is 6.61 Å². The summed E-state index contributed by atoms with van der Waals surface area (Å²) in [5.41, 5.74) is 1.74. The zero-order valence-electron chi connectivity index (χ0n) is 9.11. The summed E-state index contributed by atoms with van der Waals surface area (Å²) >= 11 is 6.10. The molecule has 0 spiro atoms. The van der Waals surface area contributed by atoms with E-state index in [-0.39, 0.29) is 12.4 Å². The lowest BCUT2D eigenvalue weighted by Gasteiger charge is -2.04. The van der Waals surface area contributed by atoms with Crippen LogP contribution in [0.25, 0.3) is 0 Å². The van der Waals surface area contributed by atoms with Crippen LogP contribution in [0, 0.1) is 5.82 Å². The van der Waals surface area contributed by atoms with E-state index in [1.165, 1.54) is 12.1 Å². The van der Waals surface area contributed by atoms with Crippen LogP contribution in [0.1, 0.15) is 11.1 Å². The number of nitrogens with zero attached hydrogens (tertiary/aromatic N) is 2. The van der Waals surface area contributed by atoms with Gasteiger partial charge in [-0.1, -0.05) is 23.7 Å². The Balaban J connectivity index is 2.16. The van der Waals surface area contributed by atoms with Gasteiger partial charge in [0.15, 0.2) is 0 Å². The lowest BCUT2D eigenvalue weighted by atomic mass is 10.2. The van der Waals surface area contributed by atoms with Crippen LogP contribution < -0.4 is 0 Å². The van der Waals surface area contributed by atoms with Gasteiger partial charge in [-0.15, -0.1) is 0 Å². The Bertz CT molecular complexity index is 496. The molecule has 17 heavy (non-hydrogen) atoms. The van der Waals surface area contributed by atoms with Gasteiger partial charge < -0.3 is 5.11 Å². The van der Waals surface area contributed by atoms with Crippen LogP contribution in [0.5, 0.6) is 0 Å². The van der Waals surface area contributed by atoms with Crippen molar-refractivity contribution in [2.24, 2.45) is 0 Å². The molecule has 3 nitrogen and oxygen atoms in total. The second-order valence-corrected chi connectivity index (χ2v) is 4.08. The Labute approximate surface area is 103 Å². The van der Waals surface area contributed by atoms with E-state index in [0.717, 1.165) is 11.1 Å². The first-order valence-corrected chi connectivity index (χ1v) is 5.64. The fraction of sp³-hybridized carbons (Fsp3) is 0.250. The summed E-state index contributed by atoms with van der Waals surface area (Å²) in [5.74, 6) is -0.263. The molecule has 0 atom stereocenters. The number of benzene rings is 1. The summed E-state index contributed by atoms with van der Waals surface area (Å²) in [4.78, 5) is 0. The number of hydrogen-bond donors (Lipinski definition) is 1. The molecule has 0 bridgehead atoms. The van der Waals surface area contributed by atoms with Crippen molar-refractivity contribution in [2.45, 2.75) is 13.0 Å². The van der Waals surface area contributed by atoms with Crippen molar-refractivity contribution in [3.8, 4) is 0 Å². The molecule has 0 aliphatic carbocycles. The standard InChI is InChI=1S/C12H12ClFN2O/c13-12-10(5-6-17)7-15-16(12)8-9-1-3-11(14)4-2-9/h1-4,7,17H,5-6,8H2. The maximum absolute atomic E-state index is 12.7. The Hall–Kier alpha value is -1.39. The van der Waals surface area contributed by atoms with Crippen molar-refractivity contribution >= 4 is 11.6 Å². The van der Waals surface area contributed by atoms with E-state index in [4.69, 9.17) is 16.7 Å². The molecule has 2 rings (SSSR count). The molecule has 2 aromatic rings. The minimum atomic E-state index is -0.263. The molecular weight excluding hydrogens is 243 g/mol. The number of aliphatic hydroxyl groups is 1. The van der Waals surface area contributed by atoms with Crippen molar-refractivity contribution in [3.63, 3.8) is 0 Å². The first-order valence-electron chi connectivity index (χ1n) is 5.26. The largest absolute Gasteiger partial charge is 0.396 e. The minimum absolute atomic E-state index is 0.0436. The molecule has 1 aromatic heterocycles. The Kier molecular flexibility index (Phi) is 3.76. The monoisotopic (exact) mass is 254 g/mol.